The van der Waals surface area contributed by atoms with Gasteiger partial charge in [-0.05, 0) is 76.1 Å². The van der Waals surface area contributed by atoms with Crippen molar-refractivity contribution in [1.29, 1.82) is 0 Å². The molecule has 2 rings (SSSR count). The largest absolute Gasteiger partial charge is 0.547 e. The zero-order valence-electron chi connectivity index (χ0n) is 13.3. The molecule has 2 aliphatic carbocycles. The highest BCUT2D eigenvalue weighted by Gasteiger charge is 2.43. The van der Waals surface area contributed by atoms with Gasteiger partial charge in [-0.1, -0.05) is 19.1 Å². The Balaban J connectivity index is 2.25. The molecule has 2 heteroatoms. The van der Waals surface area contributed by atoms with Crippen molar-refractivity contribution < 1.29 is 4.43 Å². The van der Waals surface area contributed by atoms with Crippen molar-refractivity contribution in [3.8, 4) is 0 Å². The Morgan fingerprint density at radius 2 is 1.95 bits per heavy atom. The Kier molecular flexibility index (Phi) is 4.29. The van der Waals surface area contributed by atoms with Crippen LogP contribution in [0.2, 0.25) is 19.6 Å². The number of hydrogen-bond acceptors (Lipinski definition) is 1. The van der Waals surface area contributed by atoms with E-state index in [0.717, 1.165) is 18.3 Å². The third-order valence-corrected chi connectivity index (χ3v) is 5.61. The SMILES string of the molecule is C=C(C)[C@@H]1CCC=C(O[Si](C)(C)C)[C@@H]2CC[C@@H](C)[C@@H]12. The highest BCUT2D eigenvalue weighted by molar-refractivity contribution is 6.70. The number of fused-ring (bicyclic) bond motifs is 1. The lowest BCUT2D eigenvalue weighted by molar-refractivity contribution is 0.221. The van der Waals surface area contributed by atoms with Gasteiger partial charge in [-0.2, -0.15) is 0 Å². The topological polar surface area (TPSA) is 9.23 Å². The highest BCUT2D eigenvalue weighted by Crippen LogP contribution is 2.50. The highest BCUT2D eigenvalue weighted by atomic mass is 28.4. The summed E-state index contributed by atoms with van der Waals surface area (Å²) >= 11 is 0. The maximum Gasteiger partial charge on any atom is 0.241 e. The average molecular weight is 279 g/mol. The van der Waals surface area contributed by atoms with E-state index in [2.05, 4.69) is 46.1 Å². The van der Waals surface area contributed by atoms with E-state index in [9.17, 15) is 0 Å². The molecular weight excluding hydrogens is 248 g/mol. The molecule has 0 unspecified atom stereocenters. The maximum absolute atomic E-state index is 6.42. The molecule has 1 nitrogen and oxygen atoms in total. The van der Waals surface area contributed by atoms with Crippen molar-refractivity contribution in [2.45, 2.75) is 59.2 Å². The van der Waals surface area contributed by atoms with E-state index in [1.165, 1.54) is 30.6 Å². The van der Waals surface area contributed by atoms with Crippen LogP contribution in [0.5, 0.6) is 0 Å². The summed E-state index contributed by atoms with van der Waals surface area (Å²) in [6.07, 6.45) is 7.49. The number of hydrogen-bond donors (Lipinski definition) is 0. The number of allylic oxidation sites excluding steroid dienone is 3. The Morgan fingerprint density at radius 1 is 1.26 bits per heavy atom. The first kappa shape index (κ1) is 14.9. The molecule has 0 aromatic heterocycles. The Bertz CT molecular complexity index is 377. The fourth-order valence-electron chi connectivity index (χ4n) is 4.03. The first-order chi connectivity index (χ1) is 8.79. The van der Waals surface area contributed by atoms with Gasteiger partial charge in [-0.15, -0.1) is 0 Å². The minimum atomic E-state index is -1.49. The normalized spacial score (nSPS) is 35.3. The van der Waals surface area contributed by atoms with E-state index in [1.807, 2.05) is 0 Å². The van der Waals surface area contributed by atoms with Gasteiger partial charge in [0.1, 0.15) is 0 Å². The molecule has 0 saturated heterocycles. The lowest BCUT2D eigenvalue weighted by Gasteiger charge is -2.33. The Morgan fingerprint density at radius 3 is 2.53 bits per heavy atom. The zero-order valence-corrected chi connectivity index (χ0v) is 14.3. The molecule has 1 fully saturated rings. The van der Waals surface area contributed by atoms with Gasteiger partial charge < -0.3 is 4.43 Å². The Hall–Kier alpha value is -0.503. The third-order valence-electron chi connectivity index (χ3n) is 4.76. The summed E-state index contributed by atoms with van der Waals surface area (Å²) in [6, 6.07) is 0. The summed E-state index contributed by atoms with van der Waals surface area (Å²) in [7, 11) is -1.49. The second kappa shape index (κ2) is 5.47. The van der Waals surface area contributed by atoms with Gasteiger partial charge in [0.15, 0.2) is 0 Å². The van der Waals surface area contributed by atoms with Gasteiger partial charge in [-0.3, -0.25) is 0 Å². The monoisotopic (exact) mass is 278 g/mol. The molecule has 0 amide bonds. The molecule has 0 spiro atoms. The molecule has 19 heavy (non-hydrogen) atoms. The fraction of sp³-hybridized carbons (Fsp3) is 0.765. The first-order valence-corrected chi connectivity index (χ1v) is 11.2. The van der Waals surface area contributed by atoms with E-state index in [0.29, 0.717) is 11.8 Å². The van der Waals surface area contributed by atoms with Gasteiger partial charge in [0.2, 0.25) is 8.32 Å². The molecule has 0 radical (unpaired) electrons. The van der Waals surface area contributed by atoms with Crippen LogP contribution >= 0.6 is 0 Å². The van der Waals surface area contributed by atoms with Gasteiger partial charge >= 0.3 is 0 Å². The number of rotatable bonds is 3. The fourth-order valence-corrected chi connectivity index (χ4v) is 4.97. The van der Waals surface area contributed by atoms with Gasteiger partial charge in [-0.25, -0.2) is 0 Å². The van der Waals surface area contributed by atoms with E-state index in [1.54, 1.807) is 0 Å². The summed E-state index contributed by atoms with van der Waals surface area (Å²) in [5.41, 5.74) is 1.38. The first-order valence-electron chi connectivity index (χ1n) is 7.84. The maximum atomic E-state index is 6.42. The van der Waals surface area contributed by atoms with Gasteiger partial charge in [0, 0.05) is 5.92 Å². The van der Waals surface area contributed by atoms with Crippen molar-refractivity contribution in [1.82, 2.24) is 0 Å². The average Bonchev–Trinajstić information content (AvgIpc) is 2.54. The molecule has 2 aliphatic rings. The second-order valence-electron chi connectivity index (χ2n) is 7.59. The second-order valence-corrected chi connectivity index (χ2v) is 12.0. The quantitative estimate of drug-likeness (QED) is 0.498. The molecule has 0 aliphatic heterocycles. The predicted molar refractivity (Wildman–Crippen MR) is 85.4 cm³/mol. The van der Waals surface area contributed by atoms with Crippen LogP contribution in [-0.2, 0) is 4.43 Å². The summed E-state index contributed by atoms with van der Waals surface area (Å²) in [6.45, 7) is 15.8. The van der Waals surface area contributed by atoms with Crippen LogP contribution < -0.4 is 0 Å². The van der Waals surface area contributed by atoms with Crippen molar-refractivity contribution in [3.05, 3.63) is 24.0 Å². The van der Waals surface area contributed by atoms with Gasteiger partial charge in [0.25, 0.3) is 0 Å². The van der Waals surface area contributed by atoms with Crippen molar-refractivity contribution in [2.75, 3.05) is 0 Å². The molecule has 0 aromatic carbocycles. The van der Waals surface area contributed by atoms with Crippen molar-refractivity contribution in [3.63, 3.8) is 0 Å². The Labute approximate surface area is 120 Å². The predicted octanol–water partition coefficient (Wildman–Crippen LogP) is 5.37. The van der Waals surface area contributed by atoms with Crippen LogP contribution in [0.15, 0.2) is 24.0 Å². The molecule has 0 N–H and O–H groups in total. The summed E-state index contributed by atoms with van der Waals surface area (Å²) < 4.78 is 6.42. The lowest BCUT2D eigenvalue weighted by atomic mass is 9.75. The van der Waals surface area contributed by atoms with E-state index < -0.39 is 8.32 Å². The molecular formula is C17H30OSi. The van der Waals surface area contributed by atoms with Crippen LogP contribution in [0.25, 0.3) is 0 Å². The molecule has 0 aromatic rings. The van der Waals surface area contributed by atoms with E-state index in [-0.39, 0.29) is 0 Å². The van der Waals surface area contributed by atoms with E-state index >= 15 is 0 Å². The summed E-state index contributed by atoms with van der Waals surface area (Å²) in [5, 5.41) is 0. The van der Waals surface area contributed by atoms with Crippen LogP contribution in [-0.4, -0.2) is 8.32 Å². The minimum absolute atomic E-state index is 0.658. The zero-order chi connectivity index (χ0) is 14.2. The molecule has 1 saturated carbocycles. The third kappa shape index (κ3) is 3.33. The van der Waals surface area contributed by atoms with Crippen LogP contribution in [0.3, 0.4) is 0 Å². The standard InChI is InChI=1S/C17H30OSi/c1-12(2)14-8-7-9-16(18-19(4,5)6)15-11-10-13(3)17(14)15/h9,13-15,17H,1,7-8,10-11H2,2-6H3/t13-,14+,15+,17+/m1/s1. The van der Waals surface area contributed by atoms with E-state index in [4.69, 9.17) is 4.43 Å². The van der Waals surface area contributed by atoms with Crippen molar-refractivity contribution in [2.24, 2.45) is 23.7 Å². The molecule has 0 heterocycles. The molecule has 0 bridgehead atoms. The van der Waals surface area contributed by atoms with Crippen LogP contribution in [0.1, 0.15) is 39.5 Å². The van der Waals surface area contributed by atoms with Crippen LogP contribution in [0, 0.1) is 23.7 Å². The summed E-state index contributed by atoms with van der Waals surface area (Å²) in [4.78, 5) is 0. The molecule has 4 atom stereocenters. The molecule has 108 valence electrons. The van der Waals surface area contributed by atoms with Gasteiger partial charge in [0.05, 0.1) is 5.76 Å². The van der Waals surface area contributed by atoms with Crippen LogP contribution in [0.4, 0.5) is 0 Å². The minimum Gasteiger partial charge on any atom is -0.547 e. The summed E-state index contributed by atoms with van der Waals surface area (Å²) in [5.74, 6) is 4.27. The van der Waals surface area contributed by atoms with Crippen molar-refractivity contribution >= 4 is 8.32 Å². The lowest BCUT2D eigenvalue weighted by Crippen LogP contribution is -2.30. The smallest absolute Gasteiger partial charge is 0.241 e.